The number of piperazine rings is 1. The maximum absolute atomic E-state index is 13.0. The van der Waals surface area contributed by atoms with E-state index in [-0.39, 0.29) is 23.1 Å². The molecular weight excluding hydrogens is 473 g/mol. The number of nitrogens with zero attached hydrogens (tertiary/aromatic N) is 4. The number of aromatic amines is 1. The van der Waals surface area contributed by atoms with Crippen molar-refractivity contribution in [1.29, 1.82) is 0 Å². The summed E-state index contributed by atoms with van der Waals surface area (Å²) in [5.41, 5.74) is 8.08. The molecule has 3 aromatic rings. The molecule has 3 N–H and O–H groups in total. The fourth-order valence-electron chi connectivity index (χ4n) is 5.06. The SMILES string of the molecule is CN1CCN(c2ccc3c(C4CCN(C(=O)c5ccc(OC(F)(F)F)cc5N)CC4)c[nH]c3n2)CC1. The number of likely N-dealkylation sites (tertiary alicyclic amines) is 1. The van der Waals surface area contributed by atoms with Gasteiger partial charge in [0.2, 0.25) is 0 Å². The Morgan fingerprint density at radius 2 is 1.81 bits per heavy atom. The van der Waals surface area contributed by atoms with E-state index in [0.717, 1.165) is 68.0 Å². The van der Waals surface area contributed by atoms with E-state index < -0.39 is 12.1 Å². The molecule has 36 heavy (non-hydrogen) atoms. The summed E-state index contributed by atoms with van der Waals surface area (Å²) < 4.78 is 41.2. The minimum atomic E-state index is -4.82. The van der Waals surface area contributed by atoms with Crippen LogP contribution in [0, 0.1) is 0 Å². The van der Waals surface area contributed by atoms with Crippen LogP contribution < -0.4 is 15.4 Å². The molecule has 0 aliphatic carbocycles. The fourth-order valence-corrected chi connectivity index (χ4v) is 5.06. The summed E-state index contributed by atoms with van der Waals surface area (Å²) in [7, 11) is 2.13. The third kappa shape index (κ3) is 5.06. The van der Waals surface area contributed by atoms with Crippen LogP contribution in [0.4, 0.5) is 24.7 Å². The van der Waals surface area contributed by atoms with Crippen molar-refractivity contribution in [2.75, 3.05) is 56.9 Å². The van der Waals surface area contributed by atoms with Crippen LogP contribution in [0.1, 0.15) is 34.7 Å². The number of anilines is 2. The second-order valence-electron chi connectivity index (χ2n) is 9.46. The lowest BCUT2D eigenvalue weighted by atomic mass is 9.89. The van der Waals surface area contributed by atoms with Crippen molar-refractivity contribution in [2.24, 2.45) is 0 Å². The largest absolute Gasteiger partial charge is 0.573 e. The first-order valence-electron chi connectivity index (χ1n) is 12.0. The Hall–Kier alpha value is -3.47. The van der Waals surface area contributed by atoms with Crippen molar-refractivity contribution in [3.63, 3.8) is 0 Å². The van der Waals surface area contributed by atoms with Crippen LogP contribution in [0.2, 0.25) is 0 Å². The highest BCUT2D eigenvalue weighted by Crippen LogP contribution is 2.35. The van der Waals surface area contributed by atoms with E-state index in [1.165, 1.54) is 11.6 Å². The van der Waals surface area contributed by atoms with E-state index in [4.69, 9.17) is 10.7 Å². The van der Waals surface area contributed by atoms with Crippen LogP contribution in [-0.2, 0) is 0 Å². The van der Waals surface area contributed by atoms with Crippen LogP contribution in [0.3, 0.4) is 0 Å². The number of piperidine rings is 1. The second-order valence-corrected chi connectivity index (χ2v) is 9.46. The average Bonchev–Trinajstić information content (AvgIpc) is 3.27. The molecule has 192 valence electrons. The molecule has 0 bridgehead atoms. The van der Waals surface area contributed by atoms with Crippen LogP contribution in [0.5, 0.6) is 5.75 Å². The molecule has 0 unspecified atom stereocenters. The Kier molecular flexibility index (Phi) is 6.42. The monoisotopic (exact) mass is 502 g/mol. The van der Waals surface area contributed by atoms with Crippen molar-refractivity contribution in [2.45, 2.75) is 25.1 Å². The van der Waals surface area contributed by atoms with E-state index in [0.29, 0.717) is 13.1 Å². The van der Waals surface area contributed by atoms with E-state index in [9.17, 15) is 18.0 Å². The first kappa shape index (κ1) is 24.2. The first-order valence-corrected chi connectivity index (χ1v) is 12.0. The zero-order chi connectivity index (χ0) is 25.4. The number of fused-ring (bicyclic) bond motifs is 1. The van der Waals surface area contributed by atoms with Gasteiger partial charge in [0.1, 0.15) is 17.2 Å². The quantitative estimate of drug-likeness (QED) is 0.528. The predicted octanol–water partition coefficient (Wildman–Crippen LogP) is 3.82. The molecule has 0 radical (unpaired) electrons. The summed E-state index contributed by atoms with van der Waals surface area (Å²) in [6, 6.07) is 7.64. The zero-order valence-electron chi connectivity index (χ0n) is 20.0. The number of H-pyrrole nitrogens is 1. The number of pyridine rings is 1. The second kappa shape index (κ2) is 9.53. The molecule has 2 aromatic heterocycles. The lowest BCUT2D eigenvalue weighted by Crippen LogP contribution is -2.44. The normalized spacial score (nSPS) is 18.1. The van der Waals surface area contributed by atoms with Crippen molar-refractivity contribution in [3.8, 4) is 5.75 Å². The molecular formula is C25H29F3N6O2. The molecule has 0 spiro atoms. The number of nitrogens with one attached hydrogen (secondary N) is 1. The zero-order valence-corrected chi connectivity index (χ0v) is 20.0. The number of carbonyl (C=O) groups excluding carboxylic acids is 1. The van der Waals surface area contributed by atoms with Crippen LogP contribution in [0.25, 0.3) is 11.0 Å². The van der Waals surface area contributed by atoms with Crippen molar-refractivity contribution in [1.82, 2.24) is 19.8 Å². The Balaban J connectivity index is 1.23. The van der Waals surface area contributed by atoms with Gasteiger partial charge < -0.3 is 30.2 Å². The number of halogens is 3. The van der Waals surface area contributed by atoms with Gasteiger partial charge in [0, 0.05) is 62.6 Å². The van der Waals surface area contributed by atoms with E-state index in [1.54, 1.807) is 4.90 Å². The Bertz CT molecular complexity index is 1240. The van der Waals surface area contributed by atoms with Gasteiger partial charge in [-0.25, -0.2) is 4.98 Å². The highest BCUT2D eigenvalue weighted by atomic mass is 19.4. The standard InChI is InChI=1S/C25H29F3N6O2/c1-32-10-12-33(13-11-32)22-5-4-18-20(15-30-23(18)31-22)16-6-8-34(9-7-16)24(35)19-3-2-17(14-21(19)29)36-25(26,27)28/h2-5,14-16H,6-13,29H2,1H3,(H,30,31). The number of nitrogen functional groups attached to an aromatic ring is 1. The summed E-state index contributed by atoms with van der Waals surface area (Å²) in [6.07, 6.45) is -1.25. The maximum atomic E-state index is 13.0. The summed E-state index contributed by atoms with van der Waals surface area (Å²) in [5.74, 6) is 0.522. The minimum Gasteiger partial charge on any atom is -0.406 e. The molecule has 0 saturated carbocycles. The third-order valence-corrected chi connectivity index (χ3v) is 7.09. The van der Waals surface area contributed by atoms with Gasteiger partial charge in [0.05, 0.1) is 5.56 Å². The van der Waals surface area contributed by atoms with E-state index >= 15 is 0 Å². The number of alkyl halides is 3. The number of likely N-dealkylation sites (N-methyl/N-ethyl adjacent to an activating group) is 1. The number of amides is 1. The van der Waals surface area contributed by atoms with Crippen LogP contribution >= 0.6 is 0 Å². The summed E-state index contributed by atoms with van der Waals surface area (Å²) >= 11 is 0. The maximum Gasteiger partial charge on any atom is 0.573 e. The highest BCUT2D eigenvalue weighted by molar-refractivity contribution is 5.99. The molecule has 11 heteroatoms. The molecule has 4 heterocycles. The van der Waals surface area contributed by atoms with Crippen LogP contribution in [0.15, 0.2) is 36.5 Å². The van der Waals surface area contributed by atoms with Gasteiger partial charge in [0.25, 0.3) is 5.91 Å². The number of hydrogen-bond donors (Lipinski definition) is 2. The Morgan fingerprint density at radius 1 is 1.08 bits per heavy atom. The Labute approximate surface area is 206 Å². The summed E-state index contributed by atoms with van der Waals surface area (Å²) in [5, 5.41) is 1.10. The van der Waals surface area contributed by atoms with Crippen molar-refractivity contribution in [3.05, 3.63) is 47.7 Å². The van der Waals surface area contributed by atoms with Gasteiger partial charge in [-0.2, -0.15) is 0 Å². The highest BCUT2D eigenvalue weighted by Gasteiger charge is 2.32. The molecule has 2 saturated heterocycles. The van der Waals surface area contributed by atoms with Gasteiger partial charge in [-0.1, -0.05) is 0 Å². The van der Waals surface area contributed by atoms with E-state index in [1.807, 2.05) is 6.20 Å². The van der Waals surface area contributed by atoms with E-state index in [2.05, 4.69) is 38.7 Å². The molecule has 2 aliphatic heterocycles. The molecule has 0 atom stereocenters. The molecule has 2 fully saturated rings. The number of carbonyl (C=O) groups is 1. The van der Waals surface area contributed by atoms with Crippen molar-refractivity contribution < 1.29 is 22.7 Å². The number of benzene rings is 1. The van der Waals surface area contributed by atoms with Gasteiger partial charge >= 0.3 is 6.36 Å². The summed E-state index contributed by atoms with van der Waals surface area (Å²) in [6.45, 7) is 5.01. The van der Waals surface area contributed by atoms with Crippen LogP contribution in [-0.4, -0.2) is 78.4 Å². The lowest BCUT2D eigenvalue weighted by molar-refractivity contribution is -0.274. The van der Waals surface area contributed by atoms with Gasteiger partial charge in [-0.3, -0.25) is 4.79 Å². The van der Waals surface area contributed by atoms with Gasteiger partial charge in [-0.05, 0) is 55.6 Å². The molecule has 1 aromatic carbocycles. The van der Waals surface area contributed by atoms with Gasteiger partial charge in [-0.15, -0.1) is 13.2 Å². The average molecular weight is 503 g/mol. The first-order chi connectivity index (χ1) is 17.2. The summed E-state index contributed by atoms with van der Waals surface area (Å²) in [4.78, 5) is 27.5. The third-order valence-electron chi connectivity index (χ3n) is 7.09. The number of rotatable bonds is 4. The fraction of sp³-hybridized carbons (Fsp3) is 0.440. The molecule has 2 aliphatic rings. The van der Waals surface area contributed by atoms with Gasteiger partial charge in [0.15, 0.2) is 0 Å². The lowest BCUT2D eigenvalue weighted by Gasteiger charge is -2.33. The Morgan fingerprint density at radius 3 is 2.47 bits per heavy atom. The van der Waals surface area contributed by atoms with Crippen molar-refractivity contribution >= 4 is 28.4 Å². The molecule has 5 rings (SSSR count). The minimum absolute atomic E-state index is 0.0391. The predicted molar refractivity (Wildman–Crippen MR) is 131 cm³/mol. The number of hydrogen-bond acceptors (Lipinski definition) is 6. The number of ether oxygens (including phenoxy) is 1. The number of nitrogens with two attached hydrogens (primary N) is 1. The molecule has 8 nitrogen and oxygen atoms in total. The number of aromatic nitrogens is 2. The molecule has 1 amide bonds. The smallest absolute Gasteiger partial charge is 0.406 e. The topological polar surface area (TPSA) is 90.7 Å².